The highest BCUT2D eigenvalue weighted by Gasteiger charge is 2.46. The summed E-state index contributed by atoms with van der Waals surface area (Å²) in [4.78, 5) is 4.08. The van der Waals surface area contributed by atoms with Crippen molar-refractivity contribution in [3.05, 3.63) is 23.8 Å². The van der Waals surface area contributed by atoms with Crippen molar-refractivity contribution in [2.45, 2.75) is 31.1 Å². The third-order valence-corrected chi connectivity index (χ3v) is 6.31. The van der Waals surface area contributed by atoms with Crippen molar-refractivity contribution in [1.82, 2.24) is 0 Å². The molecule has 1 heterocycles. The highest BCUT2D eigenvalue weighted by Crippen LogP contribution is 2.35. The van der Waals surface area contributed by atoms with E-state index in [1.165, 1.54) is 19.9 Å². The summed E-state index contributed by atoms with van der Waals surface area (Å²) >= 11 is 0. The Morgan fingerprint density at radius 3 is 2.63 bits per heavy atom. The number of rotatable bonds is 1. The zero-order valence-corrected chi connectivity index (χ0v) is 11.5. The molecular weight excluding hydrogens is 274 g/mol. The van der Waals surface area contributed by atoms with Gasteiger partial charge in [-0.05, 0) is 26.3 Å². The van der Waals surface area contributed by atoms with Crippen LogP contribution in [0.4, 0.5) is 8.78 Å². The smallest absolute Gasteiger partial charge is 0.164 e. The molecule has 1 aliphatic heterocycles. The van der Waals surface area contributed by atoms with Crippen LogP contribution in [0.25, 0.3) is 0 Å². The first-order valence-electron chi connectivity index (χ1n) is 5.94. The molecule has 1 aliphatic carbocycles. The van der Waals surface area contributed by atoms with E-state index in [0.717, 1.165) is 6.08 Å². The van der Waals surface area contributed by atoms with E-state index in [1.54, 1.807) is 0 Å². The SMILES string of the molecule is CC1(C)C(N)=N[C@H](C2CC=CC(F)=C2F)CS1(=O)=O. The van der Waals surface area contributed by atoms with Crippen molar-refractivity contribution in [1.29, 1.82) is 0 Å². The molecule has 0 saturated carbocycles. The molecule has 0 fully saturated rings. The largest absolute Gasteiger partial charge is 0.386 e. The molecule has 2 aliphatic rings. The van der Waals surface area contributed by atoms with Gasteiger partial charge < -0.3 is 5.73 Å². The minimum atomic E-state index is -3.54. The second-order valence-electron chi connectivity index (χ2n) is 5.31. The maximum atomic E-state index is 13.7. The molecule has 2 atom stereocenters. The zero-order valence-electron chi connectivity index (χ0n) is 10.7. The molecule has 0 amide bonds. The second kappa shape index (κ2) is 4.40. The average molecular weight is 290 g/mol. The van der Waals surface area contributed by atoms with Crippen LogP contribution in [0, 0.1) is 5.92 Å². The molecule has 0 aromatic heterocycles. The number of allylic oxidation sites excluding steroid dienone is 3. The van der Waals surface area contributed by atoms with E-state index in [1.807, 2.05) is 0 Å². The van der Waals surface area contributed by atoms with Gasteiger partial charge in [0.05, 0.1) is 11.8 Å². The van der Waals surface area contributed by atoms with E-state index in [0.29, 0.717) is 0 Å². The Balaban J connectivity index is 2.40. The molecule has 2 rings (SSSR count). The molecule has 0 aromatic rings. The molecule has 0 saturated heterocycles. The Hall–Kier alpha value is -1.24. The molecule has 0 bridgehead atoms. The molecule has 4 nitrogen and oxygen atoms in total. The highest BCUT2D eigenvalue weighted by atomic mass is 32.2. The summed E-state index contributed by atoms with van der Waals surface area (Å²) in [6, 6.07) is -0.867. The van der Waals surface area contributed by atoms with Gasteiger partial charge in [0.1, 0.15) is 16.4 Å². The lowest BCUT2D eigenvalue weighted by molar-refractivity contribution is 0.380. The van der Waals surface area contributed by atoms with Crippen LogP contribution in [0.5, 0.6) is 0 Å². The first kappa shape index (κ1) is 14.2. The third-order valence-electron chi connectivity index (χ3n) is 3.76. The standard InChI is InChI=1S/C12H16F2N2O2S/c1-12(2)11(15)16-9(6-19(12,17)18)7-4-3-5-8(13)10(7)14/h3,5,7,9H,4,6H2,1-2H3,(H2,15,16)/t7?,9-/m0/s1. The van der Waals surface area contributed by atoms with Gasteiger partial charge in [-0.1, -0.05) is 6.08 Å². The number of amidine groups is 1. The predicted molar refractivity (Wildman–Crippen MR) is 69.8 cm³/mol. The zero-order chi connectivity index (χ0) is 14.4. The van der Waals surface area contributed by atoms with E-state index < -0.39 is 38.2 Å². The maximum Gasteiger partial charge on any atom is 0.164 e. The van der Waals surface area contributed by atoms with Crippen molar-refractivity contribution in [3.8, 4) is 0 Å². The summed E-state index contributed by atoms with van der Waals surface area (Å²) < 4.78 is 50.0. The molecule has 2 N–H and O–H groups in total. The summed E-state index contributed by atoms with van der Waals surface area (Å²) in [5.74, 6) is -3.17. The van der Waals surface area contributed by atoms with Crippen LogP contribution < -0.4 is 5.73 Å². The van der Waals surface area contributed by atoms with Crippen molar-refractivity contribution >= 4 is 15.7 Å². The lowest BCUT2D eigenvalue weighted by Crippen LogP contribution is -2.53. The summed E-state index contributed by atoms with van der Waals surface area (Å²) in [5, 5.41) is 0. The topological polar surface area (TPSA) is 72.5 Å². The van der Waals surface area contributed by atoms with Gasteiger partial charge in [-0.25, -0.2) is 17.2 Å². The van der Waals surface area contributed by atoms with Crippen LogP contribution in [-0.4, -0.2) is 30.8 Å². The molecule has 19 heavy (non-hydrogen) atoms. The van der Waals surface area contributed by atoms with Gasteiger partial charge in [-0.3, -0.25) is 4.99 Å². The van der Waals surface area contributed by atoms with Crippen LogP contribution in [-0.2, 0) is 9.84 Å². The first-order valence-corrected chi connectivity index (χ1v) is 7.60. The summed E-state index contributed by atoms with van der Waals surface area (Å²) in [6.45, 7) is 2.93. The fourth-order valence-electron chi connectivity index (χ4n) is 2.17. The molecule has 7 heteroatoms. The predicted octanol–water partition coefficient (Wildman–Crippen LogP) is 1.65. The van der Waals surface area contributed by atoms with E-state index in [-0.39, 0.29) is 18.0 Å². The van der Waals surface area contributed by atoms with E-state index in [9.17, 15) is 17.2 Å². The minimum Gasteiger partial charge on any atom is -0.386 e. The maximum absolute atomic E-state index is 13.7. The number of nitrogens with two attached hydrogens (primary N) is 1. The highest BCUT2D eigenvalue weighted by molar-refractivity contribution is 7.93. The fraction of sp³-hybridized carbons (Fsp3) is 0.583. The van der Waals surface area contributed by atoms with Crippen LogP contribution in [0.1, 0.15) is 20.3 Å². The summed E-state index contributed by atoms with van der Waals surface area (Å²) in [7, 11) is -3.54. The monoisotopic (exact) mass is 290 g/mol. The fourth-order valence-corrected chi connectivity index (χ4v) is 3.72. The first-order chi connectivity index (χ1) is 8.67. The molecular formula is C12H16F2N2O2S. The van der Waals surface area contributed by atoms with Crippen molar-refractivity contribution in [2.24, 2.45) is 16.6 Å². The third kappa shape index (κ3) is 2.20. The van der Waals surface area contributed by atoms with Gasteiger partial charge in [0.25, 0.3) is 0 Å². The molecule has 0 aromatic carbocycles. The van der Waals surface area contributed by atoms with Gasteiger partial charge in [0.15, 0.2) is 15.7 Å². The van der Waals surface area contributed by atoms with Gasteiger partial charge >= 0.3 is 0 Å². The molecule has 106 valence electrons. The van der Waals surface area contributed by atoms with Crippen LogP contribution in [0.2, 0.25) is 0 Å². The summed E-state index contributed by atoms with van der Waals surface area (Å²) in [5.41, 5.74) is 5.69. The number of hydrogen-bond donors (Lipinski definition) is 1. The second-order valence-corrected chi connectivity index (χ2v) is 7.90. The normalized spacial score (nSPS) is 33.2. The van der Waals surface area contributed by atoms with Crippen molar-refractivity contribution < 1.29 is 17.2 Å². The van der Waals surface area contributed by atoms with E-state index >= 15 is 0 Å². The summed E-state index contributed by atoms with van der Waals surface area (Å²) in [6.07, 6.45) is 2.73. The molecule has 0 spiro atoms. The Labute approximate surface area is 111 Å². The van der Waals surface area contributed by atoms with E-state index in [2.05, 4.69) is 4.99 Å². The van der Waals surface area contributed by atoms with Gasteiger partial charge in [0.2, 0.25) is 0 Å². The Bertz CT molecular complexity index is 591. The average Bonchev–Trinajstić information content (AvgIpc) is 2.29. The lowest BCUT2D eigenvalue weighted by atomic mass is 9.92. The van der Waals surface area contributed by atoms with Crippen LogP contribution in [0.15, 0.2) is 28.8 Å². The number of sulfone groups is 1. The Kier molecular flexibility index (Phi) is 3.28. The van der Waals surface area contributed by atoms with E-state index in [4.69, 9.17) is 5.73 Å². The Morgan fingerprint density at radius 1 is 1.42 bits per heavy atom. The number of halogens is 2. The van der Waals surface area contributed by atoms with Crippen LogP contribution >= 0.6 is 0 Å². The number of aliphatic imine (C=N–C) groups is 1. The van der Waals surface area contributed by atoms with Crippen LogP contribution in [0.3, 0.4) is 0 Å². The number of hydrogen-bond acceptors (Lipinski definition) is 4. The quantitative estimate of drug-likeness (QED) is 0.798. The molecule has 1 unspecified atom stereocenters. The van der Waals surface area contributed by atoms with Gasteiger partial charge in [-0.2, -0.15) is 0 Å². The van der Waals surface area contributed by atoms with Gasteiger partial charge in [-0.15, -0.1) is 0 Å². The number of nitrogens with zero attached hydrogens (tertiary/aromatic N) is 1. The van der Waals surface area contributed by atoms with Crippen molar-refractivity contribution in [3.63, 3.8) is 0 Å². The Morgan fingerprint density at radius 2 is 2.05 bits per heavy atom. The van der Waals surface area contributed by atoms with Gasteiger partial charge in [0, 0.05) is 5.92 Å². The lowest BCUT2D eigenvalue weighted by Gasteiger charge is -2.34. The molecule has 0 radical (unpaired) electrons. The minimum absolute atomic E-state index is 0.0495. The van der Waals surface area contributed by atoms with Crippen molar-refractivity contribution in [2.75, 3.05) is 5.75 Å².